The van der Waals surface area contributed by atoms with E-state index in [1.54, 1.807) is 12.0 Å². The molecule has 0 aliphatic heterocycles. The number of rotatable bonds is 9. The zero-order valence-corrected chi connectivity index (χ0v) is 16.9. The number of aromatic nitrogens is 1. The fourth-order valence-corrected chi connectivity index (χ4v) is 3.38. The minimum Gasteiger partial charge on any atom is -0.481 e. The van der Waals surface area contributed by atoms with Crippen molar-refractivity contribution in [2.45, 2.75) is 40.7 Å². The lowest BCUT2D eigenvalue weighted by atomic mass is 10.1. The highest BCUT2D eigenvalue weighted by atomic mass is 16.5. The first-order valence-corrected chi connectivity index (χ1v) is 9.35. The maximum absolute atomic E-state index is 13.0. The third-order valence-corrected chi connectivity index (χ3v) is 4.87. The van der Waals surface area contributed by atoms with Gasteiger partial charge in [0.1, 0.15) is 0 Å². The van der Waals surface area contributed by atoms with Crippen molar-refractivity contribution in [1.82, 2.24) is 9.47 Å². The summed E-state index contributed by atoms with van der Waals surface area (Å²) >= 11 is 0. The van der Waals surface area contributed by atoms with Crippen LogP contribution < -0.4 is 0 Å². The maximum atomic E-state index is 13.0. The van der Waals surface area contributed by atoms with Gasteiger partial charge in [-0.05, 0) is 43.5 Å². The Bertz CT molecular complexity index is 823. The van der Waals surface area contributed by atoms with Crippen molar-refractivity contribution in [1.29, 1.82) is 0 Å². The van der Waals surface area contributed by atoms with E-state index >= 15 is 0 Å². The number of benzene rings is 1. The molecule has 1 aromatic heterocycles. The average molecular weight is 374 g/mol. The monoisotopic (exact) mass is 374 g/mol. The molecule has 0 aliphatic carbocycles. The number of amides is 1. The van der Waals surface area contributed by atoms with Crippen LogP contribution in [0.5, 0.6) is 0 Å². The summed E-state index contributed by atoms with van der Waals surface area (Å²) in [4.78, 5) is 25.6. The van der Waals surface area contributed by atoms with Gasteiger partial charge in [0.05, 0.1) is 13.0 Å². The average Bonchev–Trinajstić information content (AvgIpc) is 2.86. The molecule has 2 rings (SSSR count). The van der Waals surface area contributed by atoms with Gasteiger partial charge in [-0.1, -0.05) is 13.8 Å². The van der Waals surface area contributed by atoms with Crippen LogP contribution in [-0.4, -0.2) is 53.3 Å². The number of nitrogens with zero attached hydrogens (tertiary/aromatic N) is 2. The molecule has 0 radical (unpaired) electrons. The second-order valence-corrected chi connectivity index (χ2v) is 7.38. The molecular formula is C21H30N2O4. The van der Waals surface area contributed by atoms with Gasteiger partial charge in [0.25, 0.3) is 5.91 Å². The number of methoxy groups -OCH3 is 1. The second kappa shape index (κ2) is 9.04. The molecule has 0 bridgehead atoms. The number of ether oxygens (including phenoxy) is 1. The number of carboxylic acids is 1. The molecule has 1 amide bonds. The predicted molar refractivity (Wildman–Crippen MR) is 106 cm³/mol. The molecule has 148 valence electrons. The Morgan fingerprint density at radius 1 is 1.26 bits per heavy atom. The van der Waals surface area contributed by atoms with Crippen molar-refractivity contribution in [3.63, 3.8) is 0 Å². The molecule has 0 atom stereocenters. The van der Waals surface area contributed by atoms with Gasteiger partial charge in [-0.25, -0.2) is 0 Å². The van der Waals surface area contributed by atoms with E-state index in [4.69, 9.17) is 9.84 Å². The summed E-state index contributed by atoms with van der Waals surface area (Å²) in [7, 11) is 1.69. The fourth-order valence-electron chi connectivity index (χ4n) is 3.38. The lowest BCUT2D eigenvalue weighted by Crippen LogP contribution is -2.36. The Balaban J connectivity index is 2.37. The first-order chi connectivity index (χ1) is 12.8. The number of fused-ring (bicyclic) bond motifs is 1. The van der Waals surface area contributed by atoms with E-state index in [9.17, 15) is 9.59 Å². The molecule has 6 heteroatoms. The fraction of sp³-hybridized carbons (Fsp3) is 0.524. The molecule has 0 saturated heterocycles. The summed E-state index contributed by atoms with van der Waals surface area (Å²) < 4.78 is 7.41. The van der Waals surface area contributed by atoms with E-state index in [0.29, 0.717) is 18.7 Å². The first-order valence-electron chi connectivity index (χ1n) is 9.35. The van der Waals surface area contributed by atoms with Crippen LogP contribution in [0.2, 0.25) is 0 Å². The number of carbonyl (C=O) groups excluding carboxylic acids is 1. The summed E-state index contributed by atoms with van der Waals surface area (Å²) in [6.45, 7) is 10.3. The van der Waals surface area contributed by atoms with Crippen LogP contribution in [0.1, 0.15) is 41.9 Å². The minimum absolute atomic E-state index is 0.0494. The number of aliphatic carboxylic acids is 1. The predicted octanol–water partition coefficient (Wildman–Crippen LogP) is 3.48. The van der Waals surface area contributed by atoms with Crippen LogP contribution in [-0.2, 0) is 16.1 Å². The van der Waals surface area contributed by atoms with Crippen molar-refractivity contribution in [2.75, 3.05) is 26.8 Å². The van der Waals surface area contributed by atoms with Crippen LogP contribution in [0.15, 0.2) is 18.2 Å². The highest BCUT2D eigenvalue weighted by molar-refractivity contribution is 5.99. The Kier molecular flexibility index (Phi) is 7.02. The first kappa shape index (κ1) is 21.0. The van der Waals surface area contributed by atoms with E-state index in [0.717, 1.165) is 28.7 Å². The standard InChI is InChI=1S/C21H30N2O4/c1-14(2)13-22(9-8-20(24)25)21(26)17-6-7-19-18(12-17)15(3)16(4)23(19)10-11-27-5/h6-7,12,14H,8-11,13H2,1-5H3,(H,24,25). The van der Waals surface area contributed by atoms with Gasteiger partial charge in [-0.3, -0.25) is 9.59 Å². The van der Waals surface area contributed by atoms with Gasteiger partial charge in [-0.2, -0.15) is 0 Å². The molecule has 0 unspecified atom stereocenters. The number of carbonyl (C=O) groups is 2. The summed E-state index contributed by atoms with van der Waals surface area (Å²) in [5.74, 6) is -0.743. The van der Waals surface area contributed by atoms with Crippen LogP contribution in [0, 0.1) is 19.8 Å². The summed E-state index contributed by atoms with van der Waals surface area (Å²) in [5.41, 5.74) is 3.99. The van der Waals surface area contributed by atoms with Gasteiger partial charge in [-0.15, -0.1) is 0 Å². The number of carboxylic acid groups (broad SMARTS) is 1. The highest BCUT2D eigenvalue weighted by Gasteiger charge is 2.20. The number of hydrogen-bond acceptors (Lipinski definition) is 3. The summed E-state index contributed by atoms with van der Waals surface area (Å²) in [6, 6.07) is 5.74. The summed E-state index contributed by atoms with van der Waals surface area (Å²) in [6.07, 6.45) is -0.0494. The third-order valence-electron chi connectivity index (χ3n) is 4.87. The van der Waals surface area contributed by atoms with E-state index in [2.05, 4.69) is 18.4 Å². The largest absolute Gasteiger partial charge is 0.481 e. The lowest BCUT2D eigenvalue weighted by molar-refractivity contribution is -0.137. The third kappa shape index (κ3) is 4.89. The molecule has 1 N–H and O–H groups in total. The molecule has 1 heterocycles. The topological polar surface area (TPSA) is 71.8 Å². The highest BCUT2D eigenvalue weighted by Crippen LogP contribution is 2.27. The van der Waals surface area contributed by atoms with Gasteiger partial charge in [0.2, 0.25) is 0 Å². The summed E-state index contributed by atoms with van der Waals surface area (Å²) in [5, 5.41) is 10.0. The molecule has 0 saturated carbocycles. The second-order valence-electron chi connectivity index (χ2n) is 7.38. The van der Waals surface area contributed by atoms with Crippen LogP contribution in [0.4, 0.5) is 0 Å². The molecule has 0 aliphatic rings. The normalized spacial score (nSPS) is 11.3. The SMILES string of the molecule is COCCn1c(C)c(C)c2cc(C(=O)N(CCC(=O)O)CC(C)C)ccc21. The smallest absolute Gasteiger partial charge is 0.305 e. The molecule has 27 heavy (non-hydrogen) atoms. The molecule has 1 aromatic carbocycles. The lowest BCUT2D eigenvalue weighted by Gasteiger charge is -2.24. The van der Waals surface area contributed by atoms with Gasteiger partial charge >= 0.3 is 5.97 Å². The van der Waals surface area contributed by atoms with Crippen molar-refractivity contribution in [3.05, 3.63) is 35.0 Å². The Morgan fingerprint density at radius 3 is 2.56 bits per heavy atom. The number of aryl methyl sites for hydroxylation is 1. The Hall–Kier alpha value is -2.34. The van der Waals surface area contributed by atoms with Crippen LogP contribution in [0.25, 0.3) is 10.9 Å². The van der Waals surface area contributed by atoms with Crippen LogP contribution >= 0.6 is 0 Å². The zero-order chi connectivity index (χ0) is 20.1. The minimum atomic E-state index is -0.895. The van der Waals surface area contributed by atoms with E-state index in [-0.39, 0.29) is 24.8 Å². The molecule has 0 spiro atoms. The van der Waals surface area contributed by atoms with Crippen molar-refractivity contribution in [3.8, 4) is 0 Å². The van der Waals surface area contributed by atoms with E-state index in [1.807, 2.05) is 32.0 Å². The van der Waals surface area contributed by atoms with Gasteiger partial charge < -0.3 is 19.3 Å². The van der Waals surface area contributed by atoms with Crippen molar-refractivity contribution in [2.24, 2.45) is 5.92 Å². The number of hydrogen-bond donors (Lipinski definition) is 1. The quantitative estimate of drug-likeness (QED) is 0.729. The van der Waals surface area contributed by atoms with E-state index in [1.165, 1.54) is 0 Å². The van der Waals surface area contributed by atoms with Gasteiger partial charge in [0.15, 0.2) is 0 Å². The molecular weight excluding hydrogens is 344 g/mol. The van der Waals surface area contributed by atoms with Gasteiger partial charge in [0, 0.05) is 48.9 Å². The maximum Gasteiger partial charge on any atom is 0.305 e. The Morgan fingerprint density at radius 2 is 1.96 bits per heavy atom. The molecule has 6 nitrogen and oxygen atoms in total. The molecule has 2 aromatic rings. The Labute approximate surface area is 160 Å². The molecule has 0 fully saturated rings. The van der Waals surface area contributed by atoms with Crippen molar-refractivity contribution >= 4 is 22.8 Å². The van der Waals surface area contributed by atoms with E-state index < -0.39 is 5.97 Å². The van der Waals surface area contributed by atoms with Crippen LogP contribution in [0.3, 0.4) is 0 Å². The zero-order valence-electron chi connectivity index (χ0n) is 16.9. The van der Waals surface area contributed by atoms with Crippen molar-refractivity contribution < 1.29 is 19.4 Å².